The van der Waals surface area contributed by atoms with E-state index in [9.17, 15) is 9.35 Å². The first-order valence-corrected chi connectivity index (χ1v) is 12.0. The number of nitrogens with one attached hydrogen (secondary N) is 1. The highest BCUT2D eigenvalue weighted by Crippen LogP contribution is 2.40. The Hall–Kier alpha value is -1.12. The molecule has 1 aliphatic heterocycles. The monoisotopic (exact) mass is 490 g/mol. The molecule has 2 atom stereocenters. The minimum Gasteiger partial charge on any atom is -0.598 e. The molecule has 31 heavy (non-hydrogen) atoms. The van der Waals surface area contributed by atoms with Gasteiger partial charge in [0.25, 0.3) is 0 Å². The third-order valence-corrected chi connectivity index (χ3v) is 6.87. The molecular weight excluding hydrogens is 459 g/mol. The first-order valence-electron chi connectivity index (χ1n) is 10.1. The van der Waals surface area contributed by atoms with Crippen LogP contribution in [0.1, 0.15) is 53.1 Å². The molecule has 1 heterocycles. The second-order valence-corrected chi connectivity index (χ2v) is 12.3. The fourth-order valence-corrected chi connectivity index (χ4v) is 4.19. The Balaban J connectivity index is 2.32. The van der Waals surface area contributed by atoms with Crippen molar-refractivity contribution in [2.24, 2.45) is 5.92 Å². The van der Waals surface area contributed by atoms with Crippen molar-refractivity contribution < 1.29 is 18.8 Å². The molecule has 1 fully saturated rings. The van der Waals surface area contributed by atoms with Gasteiger partial charge in [-0.05, 0) is 47.6 Å². The van der Waals surface area contributed by atoms with Gasteiger partial charge >= 0.3 is 6.09 Å². The minimum absolute atomic E-state index is 0.0119. The zero-order valence-corrected chi connectivity index (χ0v) is 21.3. The topological polar surface area (TPSA) is 73.9 Å². The normalized spacial score (nSPS) is 17.0. The largest absolute Gasteiger partial charge is 0.598 e. The van der Waals surface area contributed by atoms with Crippen LogP contribution >= 0.6 is 23.2 Å². The number of carbonyl (C=O) groups is 1. The van der Waals surface area contributed by atoms with Gasteiger partial charge in [-0.3, -0.25) is 0 Å². The number of carbonyl (C=O) groups excluding carboxylic acids is 1. The smallest absolute Gasteiger partial charge is 0.410 e. The van der Waals surface area contributed by atoms with Crippen LogP contribution in [0.5, 0.6) is 5.75 Å². The van der Waals surface area contributed by atoms with Crippen LogP contribution in [0.25, 0.3) is 0 Å². The van der Waals surface area contributed by atoms with Gasteiger partial charge in [0.1, 0.15) is 22.7 Å². The highest BCUT2D eigenvalue weighted by Gasteiger charge is 2.43. The zero-order valence-electron chi connectivity index (χ0n) is 19.0. The predicted octanol–water partition coefficient (Wildman–Crippen LogP) is 5.52. The average molecular weight is 491 g/mol. The van der Waals surface area contributed by atoms with Gasteiger partial charge in [0.2, 0.25) is 0 Å². The Kier molecular flexibility index (Phi) is 8.61. The Morgan fingerprint density at radius 2 is 1.87 bits per heavy atom. The van der Waals surface area contributed by atoms with Gasteiger partial charge in [0.15, 0.2) is 0 Å². The Labute approximate surface area is 198 Å². The summed E-state index contributed by atoms with van der Waals surface area (Å²) in [5.74, 6) is 0.524. The van der Waals surface area contributed by atoms with Crippen LogP contribution in [0.2, 0.25) is 10.0 Å². The molecule has 1 aliphatic rings. The van der Waals surface area contributed by atoms with Crippen molar-refractivity contribution in [3.05, 3.63) is 40.4 Å². The van der Waals surface area contributed by atoms with E-state index in [1.54, 1.807) is 23.1 Å². The average Bonchev–Trinajstić information content (AvgIpc) is 2.57. The molecule has 1 aromatic rings. The van der Waals surface area contributed by atoms with Crippen LogP contribution in [-0.4, -0.2) is 45.6 Å². The maximum Gasteiger partial charge on any atom is 0.410 e. The number of benzene rings is 1. The summed E-state index contributed by atoms with van der Waals surface area (Å²) >= 11 is 11.2. The van der Waals surface area contributed by atoms with Gasteiger partial charge < -0.3 is 18.9 Å². The molecule has 2 unspecified atom stereocenters. The summed E-state index contributed by atoms with van der Waals surface area (Å²) in [6.07, 6.45) is 1.27. The number of rotatable bonds is 7. The number of likely N-dealkylation sites (tertiary alicyclic amines) is 1. The van der Waals surface area contributed by atoms with Crippen molar-refractivity contribution >= 4 is 40.7 Å². The van der Waals surface area contributed by atoms with Crippen LogP contribution in [-0.2, 0) is 16.1 Å². The third kappa shape index (κ3) is 7.19. The van der Waals surface area contributed by atoms with Crippen molar-refractivity contribution in [1.82, 2.24) is 9.62 Å². The van der Waals surface area contributed by atoms with Crippen molar-refractivity contribution in [3.63, 3.8) is 0 Å². The number of halogens is 2. The summed E-state index contributed by atoms with van der Waals surface area (Å²) < 4.78 is 27.0. The molecule has 1 saturated heterocycles. The highest BCUT2D eigenvalue weighted by molar-refractivity contribution is 7.90. The van der Waals surface area contributed by atoms with E-state index in [2.05, 4.69) is 11.3 Å². The van der Waals surface area contributed by atoms with Crippen molar-refractivity contribution in [2.75, 3.05) is 19.7 Å². The Morgan fingerprint density at radius 3 is 2.39 bits per heavy atom. The molecule has 1 aromatic carbocycles. The minimum atomic E-state index is -1.36. The summed E-state index contributed by atoms with van der Waals surface area (Å²) in [7, 11) is 0. The van der Waals surface area contributed by atoms with Crippen LogP contribution in [0.15, 0.2) is 24.8 Å². The van der Waals surface area contributed by atoms with Crippen molar-refractivity contribution in [2.45, 2.75) is 57.9 Å². The molecule has 0 bridgehead atoms. The summed E-state index contributed by atoms with van der Waals surface area (Å²) in [6.45, 7) is 16.1. The molecule has 0 saturated carbocycles. The lowest BCUT2D eigenvalue weighted by Crippen LogP contribution is -2.57. The van der Waals surface area contributed by atoms with Gasteiger partial charge in [-0.15, -0.1) is 4.72 Å². The highest BCUT2D eigenvalue weighted by atomic mass is 35.5. The molecule has 1 amide bonds. The lowest BCUT2D eigenvalue weighted by molar-refractivity contribution is -0.00581. The van der Waals surface area contributed by atoms with Crippen LogP contribution < -0.4 is 9.46 Å². The van der Waals surface area contributed by atoms with Gasteiger partial charge in [-0.25, -0.2) is 4.79 Å². The first-order chi connectivity index (χ1) is 14.2. The lowest BCUT2D eigenvalue weighted by Gasteiger charge is -2.44. The van der Waals surface area contributed by atoms with Gasteiger partial charge in [0, 0.05) is 42.0 Å². The molecule has 174 valence electrons. The van der Waals surface area contributed by atoms with Crippen molar-refractivity contribution in [3.8, 4) is 5.75 Å². The number of amides is 1. The van der Waals surface area contributed by atoms with E-state index < -0.39 is 21.7 Å². The van der Waals surface area contributed by atoms with E-state index in [1.165, 1.54) is 0 Å². The molecule has 6 nitrogen and oxygen atoms in total. The van der Waals surface area contributed by atoms with Gasteiger partial charge in [0.05, 0.1) is 16.1 Å². The molecule has 0 aliphatic carbocycles. The Morgan fingerprint density at radius 1 is 1.29 bits per heavy atom. The van der Waals surface area contributed by atoms with Crippen LogP contribution in [0.3, 0.4) is 0 Å². The second-order valence-electron chi connectivity index (χ2n) is 9.53. The van der Waals surface area contributed by atoms with E-state index >= 15 is 0 Å². The molecule has 0 radical (unpaired) electrons. The summed E-state index contributed by atoms with van der Waals surface area (Å²) in [5.41, 5.74) is 0.172. The Bertz CT molecular complexity index is 802. The first kappa shape index (κ1) is 26.1. The molecule has 9 heteroatoms. The molecule has 0 aromatic heterocycles. The number of hydrogen-bond donors (Lipinski definition) is 1. The van der Waals surface area contributed by atoms with Crippen molar-refractivity contribution in [1.29, 1.82) is 0 Å². The molecule has 2 rings (SSSR count). The third-order valence-electron chi connectivity index (χ3n) is 4.57. The van der Waals surface area contributed by atoms with E-state index in [4.69, 9.17) is 32.7 Å². The second kappa shape index (κ2) is 10.2. The number of ether oxygens (including phenoxy) is 2. The zero-order chi connectivity index (χ0) is 23.6. The number of nitrogens with zero attached hydrogens (tertiary/aromatic N) is 1. The van der Waals surface area contributed by atoms with E-state index in [1.807, 2.05) is 41.5 Å². The summed E-state index contributed by atoms with van der Waals surface area (Å²) in [6, 6.07) is 3.02. The van der Waals surface area contributed by atoms with Crippen LogP contribution in [0, 0.1) is 5.92 Å². The van der Waals surface area contributed by atoms with E-state index in [-0.39, 0.29) is 24.7 Å². The van der Waals surface area contributed by atoms with E-state index in [0.717, 1.165) is 5.56 Å². The summed E-state index contributed by atoms with van der Waals surface area (Å²) in [5, 5.41) is 0.739. The number of hydrogen-bond acceptors (Lipinski definition) is 5. The summed E-state index contributed by atoms with van der Waals surface area (Å²) in [4.78, 5) is 14.0. The predicted molar refractivity (Wildman–Crippen MR) is 127 cm³/mol. The van der Waals surface area contributed by atoms with Gasteiger partial charge in [-0.2, -0.15) is 0 Å². The molecule has 1 N–H and O–H groups in total. The standard InChI is InChI=1S/C22H32Cl2N2O4S/c1-8-9-29-18-11-17(24)16(23)10-15(18)19(25-31(28)22(5,6)7)14-12-26(13-14)20(27)30-21(2,3)4/h8,10-11,14,19,25H,1,9,12-13H2,2-7H3. The van der Waals surface area contributed by atoms with Crippen LogP contribution in [0.4, 0.5) is 4.79 Å². The maximum atomic E-state index is 13.0. The maximum absolute atomic E-state index is 13.0. The quantitative estimate of drug-likeness (QED) is 0.402. The molecular formula is C22H32Cl2N2O4S. The van der Waals surface area contributed by atoms with E-state index in [0.29, 0.717) is 28.9 Å². The van der Waals surface area contributed by atoms with Gasteiger partial charge in [-0.1, -0.05) is 35.9 Å². The lowest BCUT2D eigenvalue weighted by atomic mass is 9.87. The fraction of sp³-hybridized carbons (Fsp3) is 0.591. The molecule has 0 spiro atoms. The SMILES string of the molecule is C=CCOc1cc(Cl)c(Cl)cc1C(N[S+]([O-])C(C)(C)C)C1CN(C(=O)OC(C)(C)C)C1. The fourth-order valence-electron chi connectivity index (χ4n) is 2.97.